The van der Waals surface area contributed by atoms with Gasteiger partial charge in [0.15, 0.2) is 11.6 Å². The second-order valence-electron chi connectivity index (χ2n) is 4.04. The summed E-state index contributed by atoms with van der Waals surface area (Å²) in [6.07, 6.45) is 1.77. The van der Waals surface area contributed by atoms with Crippen LogP contribution in [0.15, 0.2) is 36.5 Å². The van der Waals surface area contributed by atoms with E-state index in [1.165, 1.54) is 0 Å². The van der Waals surface area contributed by atoms with Crippen LogP contribution >= 0.6 is 0 Å². The van der Waals surface area contributed by atoms with Crippen LogP contribution in [-0.2, 0) is 13.7 Å². The van der Waals surface area contributed by atoms with Crippen LogP contribution < -0.4 is 0 Å². The van der Waals surface area contributed by atoms with Gasteiger partial charge < -0.3 is 5.11 Å². The number of aryl methyl sites for hydroxylation is 1. The minimum Gasteiger partial charge on any atom is -0.388 e. The highest BCUT2D eigenvalue weighted by Gasteiger charge is 2.09. The molecular formula is C13H12N4O. The molecule has 0 aliphatic carbocycles. The second-order valence-corrected chi connectivity index (χ2v) is 4.04. The van der Waals surface area contributed by atoms with Gasteiger partial charge in [0.05, 0.1) is 5.52 Å². The summed E-state index contributed by atoms with van der Waals surface area (Å²) in [5.74, 6) is 1.17. The smallest absolute Gasteiger partial charge is 0.176 e. The van der Waals surface area contributed by atoms with Crippen molar-refractivity contribution in [2.45, 2.75) is 6.61 Å². The minimum atomic E-state index is -0.150. The maximum Gasteiger partial charge on any atom is 0.176 e. The number of pyridine rings is 1. The summed E-state index contributed by atoms with van der Waals surface area (Å²) in [5.41, 5.74) is 1.91. The highest BCUT2D eigenvalue weighted by atomic mass is 16.3. The quantitative estimate of drug-likeness (QED) is 0.737. The zero-order valence-electron chi connectivity index (χ0n) is 9.91. The summed E-state index contributed by atoms with van der Waals surface area (Å²) in [5, 5.41) is 14.2. The Labute approximate surface area is 104 Å². The van der Waals surface area contributed by atoms with Crippen LogP contribution in [0.25, 0.3) is 22.3 Å². The monoisotopic (exact) mass is 240 g/mol. The molecule has 0 saturated heterocycles. The van der Waals surface area contributed by atoms with Crippen molar-refractivity contribution in [1.29, 1.82) is 0 Å². The van der Waals surface area contributed by atoms with Crippen LogP contribution in [0.5, 0.6) is 0 Å². The fraction of sp³-hybridized carbons (Fsp3) is 0.154. The zero-order valence-corrected chi connectivity index (χ0v) is 9.91. The molecule has 0 amide bonds. The van der Waals surface area contributed by atoms with Crippen molar-refractivity contribution < 1.29 is 5.11 Å². The lowest BCUT2D eigenvalue weighted by molar-refractivity contribution is 0.271. The molecule has 1 aromatic carbocycles. The number of fused-ring (bicyclic) bond motifs is 1. The van der Waals surface area contributed by atoms with Crippen molar-refractivity contribution in [1.82, 2.24) is 19.7 Å². The molecule has 0 saturated carbocycles. The van der Waals surface area contributed by atoms with E-state index in [0.29, 0.717) is 5.82 Å². The average molecular weight is 240 g/mol. The predicted octanol–water partition coefficient (Wildman–Crippen LogP) is 1.52. The van der Waals surface area contributed by atoms with E-state index >= 15 is 0 Å². The standard InChI is InChI=1S/C13H12N4O/c1-17-13(15-12(8-18)16-17)10-4-5-11-9(7-10)3-2-6-14-11/h2-7,18H,8H2,1H3. The van der Waals surface area contributed by atoms with Crippen LogP contribution in [0.4, 0.5) is 0 Å². The van der Waals surface area contributed by atoms with Crippen molar-refractivity contribution in [3.8, 4) is 11.4 Å². The van der Waals surface area contributed by atoms with Crippen LogP contribution in [0, 0.1) is 0 Å². The number of rotatable bonds is 2. The van der Waals surface area contributed by atoms with Gasteiger partial charge in [0, 0.05) is 24.2 Å². The van der Waals surface area contributed by atoms with Crippen molar-refractivity contribution in [2.75, 3.05) is 0 Å². The van der Waals surface area contributed by atoms with E-state index in [4.69, 9.17) is 5.11 Å². The lowest BCUT2D eigenvalue weighted by Gasteiger charge is -2.02. The molecule has 2 aromatic heterocycles. The molecule has 0 aliphatic rings. The van der Waals surface area contributed by atoms with E-state index in [1.54, 1.807) is 10.9 Å². The molecule has 0 unspecified atom stereocenters. The van der Waals surface area contributed by atoms with Gasteiger partial charge in [-0.3, -0.25) is 4.98 Å². The molecule has 90 valence electrons. The third-order valence-corrected chi connectivity index (χ3v) is 2.81. The first-order valence-electron chi connectivity index (χ1n) is 5.64. The summed E-state index contributed by atoms with van der Waals surface area (Å²) >= 11 is 0. The molecular weight excluding hydrogens is 228 g/mol. The van der Waals surface area contributed by atoms with Gasteiger partial charge in [-0.05, 0) is 24.3 Å². The van der Waals surface area contributed by atoms with E-state index in [1.807, 2.05) is 37.4 Å². The highest BCUT2D eigenvalue weighted by Crippen LogP contribution is 2.21. The molecule has 18 heavy (non-hydrogen) atoms. The van der Waals surface area contributed by atoms with Gasteiger partial charge >= 0.3 is 0 Å². The summed E-state index contributed by atoms with van der Waals surface area (Å²) < 4.78 is 1.67. The van der Waals surface area contributed by atoms with Gasteiger partial charge in [-0.2, -0.15) is 5.10 Å². The third-order valence-electron chi connectivity index (χ3n) is 2.81. The van der Waals surface area contributed by atoms with Crippen LogP contribution in [0.3, 0.4) is 0 Å². The highest BCUT2D eigenvalue weighted by molar-refractivity contribution is 5.83. The second kappa shape index (κ2) is 4.19. The number of aromatic nitrogens is 4. The molecule has 3 rings (SSSR count). The molecule has 5 heteroatoms. The number of nitrogens with zero attached hydrogens (tertiary/aromatic N) is 4. The van der Waals surface area contributed by atoms with E-state index < -0.39 is 0 Å². The SMILES string of the molecule is Cn1nc(CO)nc1-c1ccc2ncccc2c1. The Kier molecular flexibility index (Phi) is 2.53. The Morgan fingerprint density at radius 2 is 2.17 bits per heavy atom. The maximum atomic E-state index is 9.05. The lowest BCUT2D eigenvalue weighted by Crippen LogP contribution is -1.94. The number of benzene rings is 1. The van der Waals surface area contributed by atoms with Crippen LogP contribution in [0.1, 0.15) is 5.82 Å². The summed E-state index contributed by atoms with van der Waals surface area (Å²) in [7, 11) is 1.81. The molecule has 2 heterocycles. The maximum absolute atomic E-state index is 9.05. The van der Waals surface area contributed by atoms with Gasteiger partial charge in [0.2, 0.25) is 0 Å². The Balaban J connectivity index is 2.15. The number of aliphatic hydroxyl groups is 1. The van der Waals surface area contributed by atoms with Gasteiger partial charge in [0.25, 0.3) is 0 Å². The van der Waals surface area contributed by atoms with Crippen molar-refractivity contribution in [3.63, 3.8) is 0 Å². The van der Waals surface area contributed by atoms with E-state index in [-0.39, 0.29) is 6.61 Å². The Bertz CT molecular complexity index is 705. The number of hydrogen-bond donors (Lipinski definition) is 1. The number of hydrogen-bond acceptors (Lipinski definition) is 4. The fourth-order valence-corrected chi connectivity index (χ4v) is 1.97. The van der Waals surface area contributed by atoms with Crippen molar-refractivity contribution >= 4 is 10.9 Å². The Hall–Kier alpha value is -2.27. The van der Waals surface area contributed by atoms with E-state index in [0.717, 1.165) is 22.3 Å². The summed E-state index contributed by atoms with van der Waals surface area (Å²) in [6, 6.07) is 9.85. The van der Waals surface area contributed by atoms with Crippen LogP contribution in [0.2, 0.25) is 0 Å². The van der Waals surface area contributed by atoms with Crippen LogP contribution in [-0.4, -0.2) is 24.9 Å². The largest absolute Gasteiger partial charge is 0.388 e. The molecule has 0 aliphatic heterocycles. The molecule has 0 spiro atoms. The van der Waals surface area contributed by atoms with E-state index in [2.05, 4.69) is 15.1 Å². The lowest BCUT2D eigenvalue weighted by atomic mass is 10.1. The summed E-state index contributed by atoms with van der Waals surface area (Å²) in [6.45, 7) is -0.150. The molecule has 0 atom stereocenters. The Morgan fingerprint density at radius 1 is 1.28 bits per heavy atom. The summed E-state index contributed by atoms with van der Waals surface area (Å²) in [4.78, 5) is 8.56. The molecule has 3 aromatic rings. The first-order chi connectivity index (χ1) is 8.78. The number of aliphatic hydroxyl groups excluding tert-OH is 1. The molecule has 0 fully saturated rings. The van der Waals surface area contributed by atoms with E-state index in [9.17, 15) is 0 Å². The van der Waals surface area contributed by atoms with Gasteiger partial charge in [-0.25, -0.2) is 9.67 Å². The zero-order chi connectivity index (χ0) is 12.5. The molecule has 5 nitrogen and oxygen atoms in total. The van der Waals surface area contributed by atoms with Gasteiger partial charge in [-0.15, -0.1) is 0 Å². The normalized spacial score (nSPS) is 11.0. The van der Waals surface area contributed by atoms with Crippen molar-refractivity contribution in [3.05, 3.63) is 42.4 Å². The first-order valence-corrected chi connectivity index (χ1v) is 5.64. The molecule has 0 radical (unpaired) electrons. The average Bonchev–Trinajstić information content (AvgIpc) is 2.79. The Morgan fingerprint density at radius 3 is 2.94 bits per heavy atom. The minimum absolute atomic E-state index is 0.150. The van der Waals surface area contributed by atoms with Crippen molar-refractivity contribution in [2.24, 2.45) is 7.05 Å². The van der Waals surface area contributed by atoms with Gasteiger partial charge in [0.1, 0.15) is 6.61 Å². The molecule has 0 bridgehead atoms. The fourth-order valence-electron chi connectivity index (χ4n) is 1.97. The van der Waals surface area contributed by atoms with Gasteiger partial charge in [-0.1, -0.05) is 6.07 Å². The first kappa shape index (κ1) is 10.9. The predicted molar refractivity (Wildman–Crippen MR) is 67.7 cm³/mol. The molecule has 1 N–H and O–H groups in total. The third kappa shape index (κ3) is 1.74. The topological polar surface area (TPSA) is 63.8 Å².